The van der Waals surface area contributed by atoms with Crippen LogP contribution < -0.4 is 4.74 Å². The Kier molecular flexibility index (Phi) is 4.03. The third-order valence-corrected chi connectivity index (χ3v) is 2.38. The molecule has 0 aliphatic heterocycles. The first-order valence-corrected chi connectivity index (χ1v) is 6.15. The Balaban J connectivity index is 2.73. The summed E-state index contributed by atoms with van der Waals surface area (Å²) in [6.45, 7) is 2.03. The molecule has 88 valence electrons. The molecule has 0 aliphatic rings. The zero-order valence-corrected chi connectivity index (χ0v) is 9.53. The van der Waals surface area contributed by atoms with Crippen molar-refractivity contribution < 1.29 is 22.5 Å². The van der Waals surface area contributed by atoms with Crippen molar-refractivity contribution >= 4 is 15.4 Å². The summed E-state index contributed by atoms with van der Waals surface area (Å²) in [7, 11) is -4.78. The van der Waals surface area contributed by atoms with Gasteiger partial charge in [0.05, 0.1) is 0 Å². The van der Waals surface area contributed by atoms with Crippen LogP contribution in [-0.4, -0.2) is 18.3 Å². The molecule has 1 N–H and O–H groups in total. The van der Waals surface area contributed by atoms with E-state index in [0.29, 0.717) is 0 Å². The van der Waals surface area contributed by atoms with Crippen LogP contribution in [0.25, 0.3) is 0 Å². The van der Waals surface area contributed by atoms with Gasteiger partial charge in [-0.15, -0.1) is 0 Å². The van der Waals surface area contributed by atoms with Crippen molar-refractivity contribution in [2.24, 2.45) is 0 Å². The fraction of sp³-hybridized carbons (Fsp3) is 0.300. The van der Waals surface area contributed by atoms with Gasteiger partial charge in [0.1, 0.15) is 5.75 Å². The van der Waals surface area contributed by atoms with E-state index < -0.39 is 15.4 Å². The molecule has 0 atom stereocenters. The van der Waals surface area contributed by atoms with E-state index >= 15 is 0 Å². The molecule has 1 aromatic carbocycles. The second-order valence-corrected chi connectivity index (χ2v) is 4.50. The van der Waals surface area contributed by atoms with Crippen LogP contribution in [0.4, 0.5) is 4.79 Å². The van der Waals surface area contributed by atoms with E-state index in [0.717, 1.165) is 18.4 Å². The minimum absolute atomic E-state index is 0.0856. The van der Waals surface area contributed by atoms with Gasteiger partial charge in [-0.2, -0.15) is 8.42 Å². The Morgan fingerprint density at radius 2 is 1.88 bits per heavy atom. The molecule has 0 aromatic heterocycles. The van der Waals surface area contributed by atoms with Gasteiger partial charge in [0.25, 0.3) is 0 Å². The maximum absolute atomic E-state index is 10.8. The van der Waals surface area contributed by atoms with E-state index in [1.54, 1.807) is 12.1 Å². The van der Waals surface area contributed by atoms with Gasteiger partial charge in [0, 0.05) is 0 Å². The van der Waals surface area contributed by atoms with E-state index in [4.69, 9.17) is 4.55 Å². The fourth-order valence-electron chi connectivity index (χ4n) is 1.16. The largest absolute Gasteiger partial charge is 0.457 e. The lowest BCUT2D eigenvalue weighted by Gasteiger charge is -2.03. The molecule has 0 saturated carbocycles. The Hall–Kier alpha value is -1.40. The Morgan fingerprint density at radius 1 is 1.31 bits per heavy atom. The summed E-state index contributed by atoms with van der Waals surface area (Å²) in [5, 5.41) is -1.67. The monoisotopic (exact) mass is 244 g/mol. The number of hydrogen-bond acceptors (Lipinski definition) is 4. The quantitative estimate of drug-likeness (QED) is 0.650. The van der Waals surface area contributed by atoms with Gasteiger partial charge in [-0.3, -0.25) is 4.55 Å². The normalized spacial score (nSPS) is 11.1. The number of carbonyl (C=O) groups excluding carboxylic acids is 1. The predicted octanol–water partition coefficient (Wildman–Crippen LogP) is 2.03. The summed E-state index contributed by atoms with van der Waals surface area (Å²) >= 11 is 0. The van der Waals surface area contributed by atoms with Crippen LogP contribution in [0.5, 0.6) is 5.75 Å². The summed E-state index contributed by atoms with van der Waals surface area (Å²) < 4.78 is 33.6. The zero-order chi connectivity index (χ0) is 12.2. The second-order valence-electron chi connectivity index (χ2n) is 3.22. The van der Waals surface area contributed by atoms with Crippen molar-refractivity contribution in [3.05, 3.63) is 29.8 Å². The van der Waals surface area contributed by atoms with Crippen molar-refractivity contribution in [1.82, 2.24) is 0 Å². The van der Waals surface area contributed by atoms with Crippen LogP contribution in [0.15, 0.2) is 24.3 Å². The molecular formula is C10H12O5S. The van der Waals surface area contributed by atoms with Crippen LogP contribution in [0.3, 0.4) is 0 Å². The van der Waals surface area contributed by atoms with Crippen LogP contribution in [0.2, 0.25) is 0 Å². The van der Waals surface area contributed by atoms with Crippen LogP contribution in [-0.2, 0) is 16.5 Å². The van der Waals surface area contributed by atoms with Gasteiger partial charge in [0.15, 0.2) is 0 Å². The minimum atomic E-state index is -4.78. The molecule has 1 aromatic rings. The van der Waals surface area contributed by atoms with E-state index in [1.807, 2.05) is 6.92 Å². The van der Waals surface area contributed by atoms with Crippen molar-refractivity contribution in [3.63, 3.8) is 0 Å². The average molecular weight is 244 g/mol. The lowest BCUT2D eigenvalue weighted by molar-refractivity contribution is 0.221. The Morgan fingerprint density at radius 3 is 2.31 bits per heavy atom. The van der Waals surface area contributed by atoms with Gasteiger partial charge in [-0.05, 0) is 24.1 Å². The van der Waals surface area contributed by atoms with Gasteiger partial charge < -0.3 is 4.74 Å². The molecule has 16 heavy (non-hydrogen) atoms. The number of benzene rings is 1. The molecule has 0 bridgehead atoms. The summed E-state index contributed by atoms with van der Waals surface area (Å²) in [4.78, 5) is 10.8. The van der Waals surface area contributed by atoms with Crippen LogP contribution in [0.1, 0.15) is 18.9 Å². The number of carbonyl (C=O) groups is 1. The molecular weight excluding hydrogens is 232 g/mol. The van der Waals surface area contributed by atoms with Crippen LogP contribution in [0, 0.1) is 0 Å². The molecule has 0 radical (unpaired) electrons. The molecule has 6 heteroatoms. The average Bonchev–Trinajstić information content (AvgIpc) is 2.20. The smallest absolute Gasteiger partial charge is 0.413 e. The van der Waals surface area contributed by atoms with Crippen molar-refractivity contribution in [2.45, 2.75) is 19.8 Å². The minimum Gasteiger partial charge on any atom is -0.413 e. The summed E-state index contributed by atoms with van der Waals surface area (Å²) in [6, 6.07) is 6.42. The number of rotatable bonds is 3. The van der Waals surface area contributed by atoms with Crippen molar-refractivity contribution in [2.75, 3.05) is 0 Å². The number of aryl methyl sites for hydroxylation is 1. The summed E-state index contributed by atoms with van der Waals surface area (Å²) in [5.74, 6) is 0.0856. The van der Waals surface area contributed by atoms with E-state index in [1.165, 1.54) is 12.1 Å². The SMILES string of the molecule is CCCc1ccc(OC(=O)S(=O)(=O)O)cc1. The molecule has 0 unspecified atom stereocenters. The first-order valence-electron chi connectivity index (χ1n) is 4.71. The Labute approximate surface area is 93.8 Å². The molecule has 5 nitrogen and oxygen atoms in total. The molecule has 0 aliphatic carbocycles. The third-order valence-electron chi connectivity index (χ3n) is 1.87. The highest BCUT2D eigenvalue weighted by atomic mass is 32.2. The van der Waals surface area contributed by atoms with Crippen molar-refractivity contribution in [1.29, 1.82) is 0 Å². The van der Waals surface area contributed by atoms with Gasteiger partial charge in [-0.25, -0.2) is 4.79 Å². The maximum atomic E-state index is 10.8. The fourth-order valence-corrected chi connectivity index (χ4v) is 1.36. The van der Waals surface area contributed by atoms with Gasteiger partial charge >= 0.3 is 15.4 Å². The lowest BCUT2D eigenvalue weighted by atomic mass is 10.1. The highest BCUT2D eigenvalue weighted by Gasteiger charge is 2.20. The molecule has 0 fully saturated rings. The maximum Gasteiger partial charge on any atom is 0.457 e. The molecule has 0 amide bonds. The number of ether oxygens (including phenoxy) is 1. The Bertz CT molecular complexity index is 460. The van der Waals surface area contributed by atoms with E-state index in [2.05, 4.69) is 4.74 Å². The van der Waals surface area contributed by atoms with E-state index in [-0.39, 0.29) is 5.75 Å². The highest BCUT2D eigenvalue weighted by molar-refractivity contribution is 8.00. The summed E-state index contributed by atoms with van der Waals surface area (Å²) in [5.41, 5.74) is 1.06. The first-order chi connectivity index (χ1) is 7.43. The third kappa shape index (κ3) is 3.63. The molecule has 0 heterocycles. The molecule has 1 rings (SSSR count). The zero-order valence-electron chi connectivity index (χ0n) is 8.71. The van der Waals surface area contributed by atoms with Crippen molar-refractivity contribution in [3.8, 4) is 5.75 Å². The highest BCUT2D eigenvalue weighted by Crippen LogP contribution is 2.14. The molecule has 0 spiro atoms. The number of hydrogen-bond donors (Lipinski definition) is 1. The standard InChI is InChI=1S/C10H12O5S/c1-2-3-8-4-6-9(7-5-8)15-10(11)16(12,13)14/h4-7H,2-3H2,1H3,(H,12,13,14). The van der Waals surface area contributed by atoms with Gasteiger partial charge in [0.2, 0.25) is 0 Å². The topological polar surface area (TPSA) is 80.7 Å². The predicted molar refractivity (Wildman–Crippen MR) is 58.0 cm³/mol. The molecule has 0 saturated heterocycles. The first kappa shape index (κ1) is 12.7. The summed E-state index contributed by atoms with van der Waals surface area (Å²) in [6.07, 6.45) is 1.89. The van der Waals surface area contributed by atoms with E-state index in [9.17, 15) is 13.2 Å². The van der Waals surface area contributed by atoms with Crippen LogP contribution >= 0.6 is 0 Å². The van der Waals surface area contributed by atoms with Gasteiger partial charge in [-0.1, -0.05) is 25.5 Å². The second kappa shape index (κ2) is 5.09. The lowest BCUT2D eigenvalue weighted by Crippen LogP contribution is -2.17.